The van der Waals surface area contributed by atoms with Gasteiger partial charge in [0.25, 0.3) is 0 Å². The molecule has 0 aliphatic carbocycles. The fourth-order valence-corrected chi connectivity index (χ4v) is 3.65. The van der Waals surface area contributed by atoms with Gasteiger partial charge in [0.1, 0.15) is 0 Å². The van der Waals surface area contributed by atoms with Gasteiger partial charge in [0.05, 0.1) is 12.2 Å². The summed E-state index contributed by atoms with van der Waals surface area (Å²) >= 11 is 2.07. The van der Waals surface area contributed by atoms with Crippen LogP contribution in [0.4, 0.5) is 0 Å². The molecule has 0 aromatic heterocycles. The topological polar surface area (TPSA) is 38.5 Å². The Kier molecular flexibility index (Phi) is 4.95. The minimum atomic E-state index is 0.378. The number of nitrogens with two attached hydrogens (primary N) is 1. The van der Waals surface area contributed by atoms with Crippen LogP contribution in [0.25, 0.3) is 0 Å². The minimum absolute atomic E-state index is 0.378. The molecule has 2 saturated heterocycles. The summed E-state index contributed by atoms with van der Waals surface area (Å²) in [6.07, 6.45) is 4.49. The van der Waals surface area contributed by atoms with E-state index in [1.165, 1.54) is 43.9 Å². The molecule has 0 saturated carbocycles. The van der Waals surface area contributed by atoms with Crippen LogP contribution in [0.3, 0.4) is 0 Å². The number of hydrogen-bond donors (Lipinski definition) is 1. The van der Waals surface area contributed by atoms with Crippen molar-refractivity contribution in [3.63, 3.8) is 0 Å². The van der Waals surface area contributed by atoms with Gasteiger partial charge in [-0.1, -0.05) is 0 Å². The van der Waals surface area contributed by atoms with E-state index >= 15 is 0 Å². The largest absolute Gasteiger partial charge is 0.374 e. The first kappa shape index (κ1) is 12.7. The molecule has 94 valence electrons. The molecule has 2 aliphatic heterocycles. The van der Waals surface area contributed by atoms with Gasteiger partial charge in [-0.15, -0.1) is 0 Å². The monoisotopic (exact) mass is 244 g/mol. The molecule has 2 heterocycles. The van der Waals surface area contributed by atoms with Crippen molar-refractivity contribution in [2.75, 3.05) is 31.1 Å². The lowest BCUT2D eigenvalue weighted by atomic mass is 10.1. The number of rotatable bonds is 3. The zero-order valence-electron chi connectivity index (χ0n) is 10.2. The van der Waals surface area contributed by atoms with E-state index in [2.05, 4.69) is 23.6 Å². The molecule has 0 bridgehead atoms. The number of nitrogens with zero attached hydrogens (tertiary/aromatic N) is 1. The van der Waals surface area contributed by atoms with Gasteiger partial charge in [0.15, 0.2) is 0 Å². The van der Waals surface area contributed by atoms with Crippen molar-refractivity contribution in [3.05, 3.63) is 0 Å². The predicted molar refractivity (Wildman–Crippen MR) is 69.9 cm³/mol. The maximum Gasteiger partial charge on any atom is 0.0747 e. The first-order valence-corrected chi connectivity index (χ1v) is 7.64. The summed E-state index contributed by atoms with van der Waals surface area (Å²) in [5, 5.41) is 0. The van der Waals surface area contributed by atoms with E-state index < -0.39 is 0 Å². The van der Waals surface area contributed by atoms with Gasteiger partial charge < -0.3 is 10.5 Å². The molecule has 0 aromatic carbocycles. The lowest BCUT2D eigenvalue weighted by Crippen LogP contribution is -2.49. The van der Waals surface area contributed by atoms with E-state index in [9.17, 15) is 0 Å². The van der Waals surface area contributed by atoms with Crippen LogP contribution >= 0.6 is 11.8 Å². The van der Waals surface area contributed by atoms with Crippen molar-refractivity contribution in [1.82, 2.24) is 4.90 Å². The lowest BCUT2D eigenvalue weighted by Gasteiger charge is -2.33. The van der Waals surface area contributed by atoms with Gasteiger partial charge >= 0.3 is 0 Å². The first-order valence-electron chi connectivity index (χ1n) is 6.48. The third-order valence-electron chi connectivity index (χ3n) is 3.66. The van der Waals surface area contributed by atoms with E-state index in [1.54, 1.807) is 0 Å². The molecular formula is C12H24N2OS. The summed E-state index contributed by atoms with van der Waals surface area (Å²) in [4.78, 5) is 2.56. The Morgan fingerprint density at radius 3 is 2.94 bits per heavy atom. The Morgan fingerprint density at radius 2 is 2.25 bits per heavy atom. The SMILES string of the molecule is CC1CCC(C(CN)N2CCCSCC2)O1. The Morgan fingerprint density at radius 1 is 1.38 bits per heavy atom. The summed E-state index contributed by atoms with van der Waals surface area (Å²) in [5.74, 6) is 2.55. The summed E-state index contributed by atoms with van der Waals surface area (Å²) in [5.41, 5.74) is 5.95. The van der Waals surface area contributed by atoms with E-state index in [4.69, 9.17) is 10.5 Å². The van der Waals surface area contributed by atoms with E-state index in [-0.39, 0.29) is 0 Å². The molecule has 2 fully saturated rings. The van der Waals surface area contributed by atoms with E-state index in [0.29, 0.717) is 18.2 Å². The van der Waals surface area contributed by atoms with Crippen LogP contribution < -0.4 is 5.73 Å². The average Bonchev–Trinajstić information content (AvgIpc) is 2.55. The van der Waals surface area contributed by atoms with Crippen molar-refractivity contribution in [2.24, 2.45) is 5.73 Å². The molecule has 0 spiro atoms. The normalized spacial score (nSPS) is 34.9. The average molecular weight is 244 g/mol. The molecule has 3 nitrogen and oxygen atoms in total. The van der Waals surface area contributed by atoms with Crippen molar-refractivity contribution >= 4 is 11.8 Å². The fourth-order valence-electron chi connectivity index (χ4n) is 2.75. The van der Waals surface area contributed by atoms with Gasteiger partial charge in [-0.2, -0.15) is 11.8 Å². The summed E-state index contributed by atoms with van der Waals surface area (Å²) in [6.45, 7) is 5.29. The second-order valence-electron chi connectivity index (χ2n) is 4.87. The maximum absolute atomic E-state index is 5.98. The van der Waals surface area contributed by atoms with Crippen LogP contribution in [0.1, 0.15) is 26.2 Å². The molecule has 4 heteroatoms. The summed E-state index contributed by atoms with van der Waals surface area (Å²) in [6, 6.07) is 0.448. The zero-order chi connectivity index (χ0) is 11.4. The van der Waals surface area contributed by atoms with Crippen LogP contribution in [0.15, 0.2) is 0 Å². The fraction of sp³-hybridized carbons (Fsp3) is 1.00. The Labute approximate surface area is 103 Å². The Balaban J connectivity index is 1.92. The molecule has 3 atom stereocenters. The predicted octanol–water partition coefficient (Wildman–Crippen LogP) is 1.32. The molecule has 0 aromatic rings. The van der Waals surface area contributed by atoms with E-state index in [1.807, 2.05) is 0 Å². The standard InChI is InChI=1S/C12H24N2OS/c1-10-3-4-12(15-10)11(9-13)14-5-2-7-16-8-6-14/h10-12H,2-9,13H2,1H3. The molecule has 2 aliphatic rings. The molecular weight excluding hydrogens is 220 g/mol. The number of hydrogen-bond acceptors (Lipinski definition) is 4. The van der Waals surface area contributed by atoms with Gasteiger partial charge in [0.2, 0.25) is 0 Å². The second kappa shape index (κ2) is 6.24. The van der Waals surface area contributed by atoms with Crippen molar-refractivity contribution in [2.45, 2.75) is 44.4 Å². The van der Waals surface area contributed by atoms with Gasteiger partial charge in [-0.25, -0.2) is 0 Å². The van der Waals surface area contributed by atoms with Crippen molar-refractivity contribution in [3.8, 4) is 0 Å². The van der Waals surface area contributed by atoms with Gasteiger partial charge in [-0.3, -0.25) is 4.90 Å². The highest BCUT2D eigenvalue weighted by Crippen LogP contribution is 2.25. The first-order chi connectivity index (χ1) is 7.81. The third kappa shape index (κ3) is 3.13. The Bertz CT molecular complexity index is 207. The maximum atomic E-state index is 5.98. The third-order valence-corrected chi connectivity index (χ3v) is 4.71. The van der Waals surface area contributed by atoms with Crippen molar-refractivity contribution in [1.29, 1.82) is 0 Å². The van der Waals surface area contributed by atoms with Crippen LogP contribution in [0, 0.1) is 0 Å². The Hall–Kier alpha value is 0.230. The summed E-state index contributed by atoms with van der Waals surface area (Å²) < 4.78 is 5.98. The second-order valence-corrected chi connectivity index (χ2v) is 6.09. The molecule has 16 heavy (non-hydrogen) atoms. The van der Waals surface area contributed by atoms with Crippen LogP contribution in [-0.4, -0.2) is 54.3 Å². The van der Waals surface area contributed by atoms with Gasteiger partial charge in [0, 0.05) is 24.9 Å². The van der Waals surface area contributed by atoms with E-state index in [0.717, 1.165) is 6.54 Å². The minimum Gasteiger partial charge on any atom is -0.374 e. The van der Waals surface area contributed by atoms with Crippen LogP contribution in [-0.2, 0) is 4.74 Å². The smallest absolute Gasteiger partial charge is 0.0747 e. The highest BCUT2D eigenvalue weighted by molar-refractivity contribution is 7.99. The molecule has 0 amide bonds. The van der Waals surface area contributed by atoms with Gasteiger partial charge in [-0.05, 0) is 38.5 Å². The van der Waals surface area contributed by atoms with Crippen molar-refractivity contribution < 1.29 is 4.74 Å². The summed E-state index contributed by atoms with van der Waals surface area (Å²) in [7, 11) is 0. The molecule has 2 rings (SSSR count). The molecule has 2 N–H and O–H groups in total. The molecule has 3 unspecified atom stereocenters. The number of ether oxygens (including phenoxy) is 1. The highest BCUT2D eigenvalue weighted by Gasteiger charge is 2.32. The van der Waals surface area contributed by atoms with Crippen LogP contribution in [0.5, 0.6) is 0 Å². The zero-order valence-corrected chi connectivity index (χ0v) is 11.0. The lowest BCUT2D eigenvalue weighted by molar-refractivity contribution is -0.00223. The van der Waals surface area contributed by atoms with Crippen LogP contribution in [0.2, 0.25) is 0 Å². The quantitative estimate of drug-likeness (QED) is 0.812. The number of thioether (sulfide) groups is 1. The molecule has 0 radical (unpaired) electrons. The highest BCUT2D eigenvalue weighted by atomic mass is 32.2.